The van der Waals surface area contributed by atoms with E-state index in [9.17, 15) is 8.78 Å². The van der Waals surface area contributed by atoms with Crippen molar-refractivity contribution in [2.24, 2.45) is 0 Å². The predicted octanol–water partition coefficient (Wildman–Crippen LogP) is 3.56. The molecule has 1 aromatic carbocycles. The van der Waals surface area contributed by atoms with E-state index in [0.29, 0.717) is 18.1 Å². The van der Waals surface area contributed by atoms with E-state index < -0.39 is 11.6 Å². The molecule has 0 N–H and O–H groups in total. The molecule has 1 aliphatic rings. The normalized spacial score (nSPS) is 16.5. The van der Waals surface area contributed by atoms with Gasteiger partial charge in [0.15, 0.2) is 0 Å². The van der Waals surface area contributed by atoms with E-state index in [1.807, 2.05) is 0 Å². The lowest BCUT2D eigenvalue weighted by Crippen LogP contribution is -2.38. The van der Waals surface area contributed by atoms with Gasteiger partial charge < -0.3 is 4.74 Å². The van der Waals surface area contributed by atoms with Gasteiger partial charge >= 0.3 is 6.01 Å². The molecule has 0 saturated carbocycles. The Labute approximate surface area is 141 Å². The number of aromatic nitrogens is 2. The third kappa shape index (κ3) is 4.68. The lowest BCUT2D eigenvalue weighted by molar-refractivity contribution is 0.0891. The van der Waals surface area contributed by atoms with E-state index in [0.717, 1.165) is 36.5 Å². The minimum atomic E-state index is -0.536. The molecule has 0 atom stereocenters. The van der Waals surface area contributed by atoms with Crippen molar-refractivity contribution < 1.29 is 13.5 Å². The SMILES string of the molecule is Fc1cc(F)cc(CN2CCC(Oc3ncc(Br)cn3)CC2)c1. The van der Waals surface area contributed by atoms with E-state index in [2.05, 4.69) is 30.8 Å². The Kier molecular flexibility index (Phi) is 5.17. The van der Waals surface area contributed by atoms with Crippen LogP contribution >= 0.6 is 15.9 Å². The van der Waals surface area contributed by atoms with Crippen molar-refractivity contribution in [2.45, 2.75) is 25.5 Å². The number of likely N-dealkylation sites (tertiary alicyclic amines) is 1. The van der Waals surface area contributed by atoms with Crippen LogP contribution in [0.4, 0.5) is 8.78 Å². The zero-order chi connectivity index (χ0) is 16.2. The molecule has 0 radical (unpaired) electrons. The Balaban J connectivity index is 1.51. The Morgan fingerprint density at radius 3 is 2.30 bits per heavy atom. The molecule has 3 rings (SSSR count). The topological polar surface area (TPSA) is 38.2 Å². The van der Waals surface area contributed by atoms with Gasteiger partial charge in [-0.3, -0.25) is 4.90 Å². The number of rotatable bonds is 4. The van der Waals surface area contributed by atoms with Crippen molar-refractivity contribution >= 4 is 15.9 Å². The third-order valence-electron chi connectivity index (χ3n) is 3.73. The minimum absolute atomic E-state index is 0.0664. The fraction of sp³-hybridized carbons (Fsp3) is 0.375. The van der Waals surface area contributed by atoms with Crippen LogP contribution in [0.3, 0.4) is 0 Å². The van der Waals surface area contributed by atoms with E-state index in [4.69, 9.17) is 4.74 Å². The standard InChI is InChI=1S/C16H16BrF2N3O/c17-12-8-20-16(21-9-12)23-15-1-3-22(4-2-15)10-11-5-13(18)7-14(19)6-11/h5-9,15H,1-4,10H2. The first kappa shape index (κ1) is 16.3. The predicted molar refractivity (Wildman–Crippen MR) is 85.0 cm³/mol. The highest BCUT2D eigenvalue weighted by Gasteiger charge is 2.21. The van der Waals surface area contributed by atoms with Gasteiger partial charge in [0.25, 0.3) is 0 Å². The van der Waals surface area contributed by atoms with Crippen molar-refractivity contribution in [1.82, 2.24) is 14.9 Å². The van der Waals surface area contributed by atoms with Gasteiger partial charge in [-0.05, 0) is 46.5 Å². The summed E-state index contributed by atoms with van der Waals surface area (Å²) in [6.07, 6.45) is 5.03. The first-order chi connectivity index (χ1) is 11.1. The zero-order valence-electron chi connectivity index (χ0n) is 12.4. The summed E-state index contributed by atoms with van der Waals surface area (Å²) in [7, 11) is 0. The minimum Gasteiger partial charge on any atom is -0.460 e. The van der Waals surface area contributed by atoms with Crippen molar-refractivity contribution in [3.05, 3.63) is 52.3 Å². The molecule has 0 spiro atoms. The Morgan fingerprint density at radius 2 is 1.70 bits per heavy atom. The summed E-state index contributed by atoms with van der Waals surface area (Å²) in [5, 5.41) is 0. The fourth-order valence-electron chi connectivity index (χ4n) is 2.66. The van der Waals surface area contributed by atoms with Crippen molar-refractivity contribution in [3.8, 4) is 6.01 Å². The van der Waals surface area contributed by atoms with Gasteiger partial charge in [0.1, 0.15) is 17.7 Å². The van der Waals surface area contributed by atoms with E-state index >= 15 is 0 Å². The van der Waals surface area contributed by atoms with Crippen molar-refractivity contribution in [2.75, 3.05) is 13.1 Å². The molecule has 1 saturated heterocycles. The van der Waals surface area contributed by atoms with Gasteiger partial charge in [0.2, 0.25) is 0 Å². The number of benzene rings is 1. The highest BCUT2D eigenvalue weighted by molar-refractivity contribution is 9.10. The maximum Gasteiger partial charge on any atom is 0.316 e. The average molecular weight is 384 g/mol. The summed E-state index contributed by atoms with van der Waals surface area (Å²) in [5.41, 5.74) is 0.651. The monoisotopic (exact) mass is 383 g/mol. The average Bonchev–Trinajstić information content (AvgIpc) is 2.50. The van der Waals surface area contributed by atoms with Gasteiger partial charge in [-0.15, -0.1) is 0 Å². The number of piperidine rings is 1. The highest BCUT2D eigenvalue weighted by Crippen LogP contribution is 2.19. The quantitative estimate of drug-likeness (QED) is 0.808. The molecule has 0 unspecified atom stereocenters. The second kappa shape index (κ2) is 7.31. The lowest BCUT2D eigenvalue weighted by Gasteiger charge is -2.31. The van der Waals surface area contributed by atoms with Crippen LogP contribution in [-0.2, 0) is 6.54 Å². The Hall–Kier alpha value is -1.60. The first-order valence-corrected chi connectivity index (χ1v) is 8.19. The second-order valence-corrected chi connectivity index (χ2v) is 6.47. The molecule has 23 heavy (non-hydrogen) atoms. The molecule has 7 heteroatoms. The number of halogens is 3. The van der Waals surface area contributed by atoms with Crippen LogP contribution in [0.5, 0.6) is 6.01 Å². The maximum atomic E-state index is 13.2. The van der Waals surface area contributed by atoms with E-state index in [1.165, 1.54) is 12.1 Å². The maximum absolute atomic E-state index is 13.2. The number of ether oxygens (including phenoxy) is 1. The summed E-state index contributed by atoms with van der Waals surface area (Å²) >= 11 is 3.28. The van der Waals surface area contributed by atoms with Crippen LogP contribution in [0.15, 0.2) is 35.1 Å². The number of nitrogens with zero attached hydrogens (tertiary/aromatic N) is 3. The molecule has 4 nitrogen and oxygen atoms in total. The third-order valence-corrected chi connectivity index (χ3v) is 4.14. The molecule has 0 aliphatic carbocycles. The Bertz CT molecular complexity index is 641. The molecule has 1 fully saturated rings. The van der Waals surface area contributed by atoms with Crippen molar-refractivity contribution in [1.29, 1.82) is 0 Å². The van der Waals surface area contributed by atoms with Crippen LogP contribution in [-0.4, -0.2) is 34.1 Å². The van der Waals surface area contributed by atoms with Gasteiger partial charge in [-0.2, -0.15) is 0 Å². The van der Waals surface area contributed by atoms with Crippen LogP contribution in [0, 0.1) is 11.6 Å². The number of hydrogen-bond acceptors (Lipinski definition) is 4. The second-order valence-electron chi connectivity index (χ2n) is 5.55. The van der Waals surface area contributed by atoms with E-state index in [-0.39, 0.29) is 6.10 Å². The molecule has 0 bridgehead atoms. The molecule has 2 heterocycles. The highest BCUT2D eigenvalue weighted by atomic mass is 79.9. The summed E-state index contributed by atoms with van der Waals surface area (Å²) < 4.78 is 33.0. The molecule has 1 aromatic heterocycles. The lowest BCUT2D eigenvalue weighted by atomic mass is 10.1. The summed E-state index contributed by atoms with van der Waals surface area (Å²) in [4.78, 5) is 10.4. The summed E-state index contributed by atoms with van der Waals surface area (Å²) in [5.74, 6) is -1.07. The van der Waals surface area contributed by atoms with Gasteiger partial charge in [0, 0.05) is 38.1 Å². The first-order valence-electron chi connectivity index (χ1n) is 7.40. The molecule has 2 aromatic rings. The fourth-order valence-corrected chi connectivity index (χ4v) is 2.86. The molecular weight excluding hydrogens is 368 g/mol. The van der Waals surface area contributed by atoms with Gasteiger partial charge in [0.05, 0.1) is 4.47 Å². The smallest absolute Gasteiger partial charge is 0.316 e. The molecule has 0 amide bonds. The van der Waals surface area contributed by atoms with Crippen LogP contribution in [0.1, 0.15) is 18.4 Å². The van der Waals surface area contributed by atoms with E-state index in [1.54, 1.807) is 12.4 Å². The zero-order valence-corrected chi connectivity index (χ0v) is 14.0. The Morgan fingerprint density at radius 1 is 1.09 bits per heavy atom. The largest absolute Gasteiger partial charge is 0.460 e. The molecule has 122 valence electrons. The molecule has 1 aliphatic heterocycles. The van der Waals surface area contributed by atoms with Crippen LogP contribution < -0.4 is 4.74 Å². The van der Waals surface area contributed by atoms with Crippen LogP contribution in [0.25, 0.3) is 0 Å². The van der Waals surface area contributed by atoms with Gasteiger partial charge in [-0.1, -0.05) is 0 Å². The summed E-state index contributed by atoms with van der Waals surface area (Å²) in [6.45, 7) is 2.15. The van der Waals surface area contributed by atoms with Crippen LogP contribution in [0.2, 0.25) is 0 Å². The van der Waals surface area contributed by atoms with Crippen molar-refractivity contribution in [3.63, 3.8) is 0 Å². The number of hydrogen-bond donors (Lipinski definition) is 0. The summed E-state index contributed by atoms with van der Waals surface area (Å²) in [6, 6.07) is 4.02. The molecular formula is C16H16BrF2N3O. The van der Waals surface area contributed by atoms with Gasteiger partial charge in [-0.25, -0.2) is 18.7 Å².